The summed E-state index contributed by atoms with van der Waals surface area (Å²) in [5, 5.41) is 21.7. The summed E-state index contributed by atoms with van der Waals surface area (Å²) in [6.07, 6.45) is 14.3. The Morgan fingerprint density at radius 2 is 1.28 bits per heavy atom. The van der Waals surface area contributed by atoms with Crippen LogP contribution in [-0.2, 0) is 11.3 Å². The van der Waals surface area contributed by atoms with Gasteiger partial charge in [-0.25, -0.2) is 0 Å². The summed E-state index contributed by atoms with van der Waals surface area (Å²) in [5.41, 5.74) is 1.72. The lowest BCUT2D eigenvalue weighted by Crippen LogP contribution is -2.27. The van der Waals surface area contributed by atoms with E-state index in [1.807, 2.05) is 6.92 Å². The highest BCUT2D eigenvalue weighted by Gasteiger charge is 2.17. The van der Waals surface area contributed by atoms with Gasteiger partial charge in [-0.2, -0.15) is 0 Å². The molecule has 0 aliphatic heterocycles. The summed E-state index contributed by atoms with van der Waals surface area (Å²) in [6, 6.07) is 9.25. The Morgan fingerprint density at radius 3 is 1.74 bits per heavy atom. The molecule has 0 bridgehead atoms. The van der Waals surface area contributed by atoms with Crippen molar-refractivity contribution in [2.45, 2.75) is 111 Å². The van der Waals surface area contributed by atoms with E-state index in [1.165, 1.54) is 96.4 Å². The Balaban J connectivity index is 0.000000453. The average molecular weight is 602 g/mol. The first-order chi connectivity index (χ1) is 20.6. The van der Waals surface area contributed by atoms with E-state index in [0.717, 1.165) is 17.7 Å². The second-order valence-corrected chi connectivity index (χ2v) is 10.8. The molecule has 0 fully saturated rings. The van der Waals surface area contributed by atoms with E-state index in [2.05, 4.69) is 13.8 Å². The van der Waals surface area contributed by atoms with Gasteiger partial charge in [0.2, 0.25) is 5.91 Å². The Kier molecular flexibility index (Phi) is 18.3. The first kappa shape index (κ1) is 37.3. The summed E-state index contributed by atoms with van der Waals surface area (Å²) < 4.78 is 10.5. The maximum absolute atomic E-state index is 11.3. The molecule has 2 rings (SSSR count). The Labute approximate surface area is 257 Å². The third-order valence-corrected chi connectivity index (χ3v) is 7.61. The molecule has 0 spiro atoms. The van der Waals surface area contributed by atoms with Crippen LogP contribution in [0.3, 0.4) is 0 Å². The molecule has 10 nitrogen and oxygen atoms in total. The van der Waals surface area contributed by atoms with Crippen molar-refractivity contribution in [3.05, 3.63) is 67.8 Å². The molecule has 0 aliphatic rings. The van der Waals surface area contributed by atoms with Crippen LogP contribution < -0.4 is 9.47 Å². The smallest absolute Gasteiger partial charge is 0.270 e. The summed E-state index contributed by atoms with van der Waals surface area (Å²) in [5.74, 6) is 1.50. The van der Waals surface area contributed by atoms with Gasteiger partial charge >= 0.3 is 0 Å². The highest BCUT2D eigenvalue weighted by atomic mass is 16.6. The van der Waals surface area contributed by atoms with Crippen molar-refractivity contribution in [1.29, 1.82) is 0 Å². The standard InChI is InChI=1S/C21H35NO3.C12H16N2O4/c1-4-5-6-7-8-9-10-11-12-13-14-18(2)20-17-19(22(23)24)15-16-21(20)25-3;1-4-13(9(2)15)8-10-7-11(14(16)17)5-6-12(10)18-3/h15-18H,4-14H2,1-3H3;5-7H,4,8H2,1-3H3. The SMILES string of the molecule is CCCCCCCCCCCCC(C)c1cc([N+](=O)[O-])ccc1OC.CCN(Cc1cc([N+](=O)[O-])ccc1OC)C(C)=O. The van der Waals surface area contributed by atoms with Gasteiger partial charge in [0, 0.05) is 55.4 Å². The van der Waals surface area contributed by atoms with Crippen LogP contribution in [0.5, 0.6) is 11.5 Å². The molecule has 240 valence electrons. The third-order valence-electron chi connectivity index (χ3n) is 7.61. The maximum Gasteiger partial charge on any atom is 0.270 e. The molecule has 1 atom stereocenters. The van der Waals surface area contributed by atoms with Gasteiger partial charge in [0.1, 0.15) is 11.5 Å². The molecular formula is C33H51N3O7. The molecule has 2 aromatic carbocycles. The van der Waals surface area contributed by atoms with Gasteiger partial charge in [0.05, 0.1) is 24.1 Å². The molecule has 0 N–H and O–H groups in total. The van der Waals surface area contributed by atoms with Crippen LogP contribution in [0.4, 0.5) is 11.4 Å². The summed E-state index contributed by atoms with van der Waals surface area (Å²) in [7, 11) is 3.12. The minimum atomic E-state index is -0.465. The Hall–Kier alpha value is -3.69. The van der Waals surface area contributed by atoms with Gasteiger partial charge in [-0.05, 0) is 31.4 Å². The predicted molar refractivity (Wildman–Crippen MR) is 171 cm³/mol. The van der Waals surface area contributed by atoms with E-state index < -0.39 is 4.92 Å². The molecular weight excluding hydrogens is 550 g/mol. The normalized spacial score (nSPS) is 11.2. The summed E-state index contributed by atoms with van der Waals surface area (Å²) >= 11 is 0. The van der Waals surface area contributed by atoms with Gasteiger partial charge in [-0.3, -0.25) is 25.0 Å². The first-order valence-electron chi connectivity index (χ1n) is 15.5. The molecule has 0 aliphatic carbocycles. The van der Waals surface area contributed by atoms with Crippen molar-refractivity contribution in [2.24, 2.45) is 0 Å². The fourth-order valence-electron chi connectivity index (χ4n) is 4.97. The zero-order valence-corrected chi connectivity index (χ0v) is 26.9. The molecule has 0 radical (unpaired) electrons. The number of nitrogens with zero attached hydrogens (tertiary/aromatic N) is 3. The van der Waals surface area contributed by atoms with Gasteiger partial charge in [-0.15, -0.1) is 0 Å². The zero-order chi connectivity index (χ0) is 32.2. The second kappa shape index (κ2) is 21.1. The van der Waals surface area contributed by atoms with E-state index in [1.54, 1.807) is 30.2 Å². The third kappa shape index (κ3) is 13.9. The molecule has 10 heteroatoms. The van der Waals surface area contributed by atoms with E-state index in [0.29, 0.717) is 24.4 Å². The van der Waals surface area contributed by atoms with Gasteiger partial charge in [0.15, 0.2) is 0 Å². The number of ether oxygens (including phenoxy) is 2. The monoisotopic (exact) mass is 601 g/mol. The fraction of sp³-hybridized carbons (Fsp3) is 0.606. The number of carbonyl (C=O) groups is 1. The summed E-state index contributed by atoms with van der Waals surface area (Å²) in [6.45, 7) is 8.55. The lowest BCUT2D eigenvalue weighted by Gasteiger charge is -2.20. The summed E-state index contributed by atoms with van der Waals surface area (Å²) in [4.78, 5) is 33.8. The lowest BCUT2D eigenvalue weighted by atomic mass is 9.93. The molecule has 1 amide bonds. The Bertz CT molecular complexity index is 1140. The van der Waals surface area contributed by atoms with Gasteiger partial charge in [-0.1, -0.05) is 78.1 Å². The number of nitro groups is 2. The van der Waals surface area contributed by atoms with Crippen molar-refractivity contribution in [3.8, 4) is 11.5 Å². The van der Waals surface area contributed by atoms with E-state index in [-0.39, 0.29) is 28.1 Å². The molecule has 0 saturated carbocycles. The number of hydrogen-bond acceptors (Lipinski definition) is 7. The van der Waals surface area contributed by atoms with E-state index >= 15 is 0 Å². The largest absolute Gasteiger partial charge is 0.496 e. The van der Waals surface area contributed by atoms with Crippen LogP contribution in [-0.4, -0.2) is 41.4 Å². The van der Waals surface area contributed by atoms with Gasteiger partial charge in [0.25, 0.3) is 11.4 Å². The van der Waals surface area contributed by atoms with E-state index in [9.17, 15) is 25.0 Å². The van der Waals surface area contributed by atoms with Crippen molar-refractivity contribution in [2.75, 3.05) is 20.8 Å². The second-order valence-electron chi connectivity index (χ2n) is 10.8. The molecule has 0 aromatic heterocycles. The van der Waals surface area contributed by atoms with Crippen molar-refractivity contribution in [3.63, 3.8) is 0 Å². The van der Waals surface area contributed by atoms with Crippen LogP contribution in [0.25, 0.3) is 0 Å². The maximum atomic E-state index is 11.3. The predicted octanol–water partition coefficient (Wildman–Crippen LogP) is 8.99. The van der Waals surface area contributed by atoms with Crippen LogP contribution in [0.1, 0.15) is 115 Å². The average Bonchev–Trinajstić information content (AvgIpc) is 3.00. The highest BCUT2D eigenvalue weighted by molar-refractivity contribution is 5.73. The van der Waals surface area contributed by atoms with Crippen LogP contribution in [0.15, 0.2) is 36.4 Å². The minimum Gasteiger partial charge on any atom is -0.496 e. The number of amides is 1. The van der Waals surface area contributed by atoms with Crippen LogP contribution in [0.2, 0.25) is 0 Å². The fourth-order valence-corrected chi connectivity index (χ4v) is 4.97. The highest BCUT2D eigenvalue weighted by Crippen LogP contribution is 2.33. The molecule has 43 heavy (non-hydrogen) atoms. The number of non-ortho nitro benzene ring substituents is 2. The Morgan fingerprint density at radius 1 is 0.791 bits per heavy atom. The number of hydrogen-bond donors (Lipinski definition) is 0. The number of nitro benzene ring substituents is 2. The number of unbranched alkanes of at least 4 members (excludes halogenated alkanes) is 9. The number of rotatable bonds is 19. The van der Waals surface area contributed by atoms with Crippen molar-refractivity contribution < 1.29 is 24.1 Å². The number of benzene rings is 2. The van der Waals surface area contributed by atoms with Crippen LogP contribution in [0, 0.1) is 20.2 Å². The molecule has 0 saturated heterocycles. The molecule has 0 heterocycles. The quantitative estimate of drug-likeness (QED) is 0.0893. The van der Waals surface area contributed by atoms with Crippen LogP contribution >= 0.6 is 0 Å². The molecule has 2 aromatic rings. The van der Waals surface area contributed by atoms with Crippen molar-refractivity contribution >= 4 is 17.3 Å². The first-order valence-corrected chi connectivity index (χ1v) is 15.5. The number of methoxy groups -OCH3 is 2. The van der Waals surface area contributed by atoms with E-state index in [4.69, 9.17) is 9.47 Å². The minimum absolute atomic E-state index is 0.00888. The van der Waals surface area contributed by atoms with Gasteiger partial charge < -0.3 is 14.4 Å². The van der Waals surface area contributed by atoms with Crippen molar-refractivity contribution in [1.82, 2.24) is 4.90 Å². The zero-order valence-electron chi connectivity index (χ0n) is 26.9. The lowest BCUT2D eigenvalue weighted by molar-refractivity contribution is -0.385. The number of carbonyl (C=O) groups excluding carboxylic acids is 1. The topological polar surface area (TPSA) is 125 Å². The molecule has 1 unspecified atom stereocenters.